The number of pyridine rings is 1. The van der Waals surface area contributed by atoms with Gasteiger partial charge >= 0.3 is 0 Å². The molecule has 0 radical (unpaired) electrons. The van der Waals surface area contributed by atoms with Gasteiger partial charge in [0.1, 0.15) is 6.54 Å². The number of anilines is 1. The minimum atomic E-state index is -0.338. The van der Waals surface area contributed by atoms with Gasteiger partial charge in [0, 0.05) is 16.8 Å². The van der Waals surface area contributed by atoms with Crippen LogP contribution in [0.3, 0.4) is 0 Å². The van der Waals surface area contributed by atoms with Crippen molar-refractivity contribution < 1.29 is 4.79 Å². The van der Waals surface area contributed by atoms with Crippen molar-refractivity contribution in [3.05, 3.63) is 52.8 Å². The minimum absolute atomic E-state index is 0.0984. The van der Waals surface area contributed by atoms with E-state index in [0.717, 1.165) is 5.56 Å². The van der Waals surface area contributed by atoms with Gasteiger partial charge in [-0.15, -0.1) is 10.2 Å². The quantitative estimate of drug-likeness (QED) is 0.732. The molecule has 7 nitrogen and oxygen atoms in total. The van der Waals surface area contributed by atoms with Crippen LogP contribution in [0.1, 0.15) is 0 Å². The molecular weight excluding hydrogens is 339 g/mol. The Kier molecular flexibility index (Phi) is 4.50. The summed E-state index contributed by atoms with van der Waals surface area (Å²) >= 11 is 11.8. The van der Waals surface area contributed by atoms with E-state index in [0.29, 0.717) is 16.5 Å². The van der Waals surface area contributed by atoms with Gasteiger partial charge in [0.2, 0.25) is 11.7 Å². The Morgan fingerprint density at radius 3 is 2.87 bits per heavy atom. The molecule has 0 bridgehead atoms. The number of carbonyl (C=O) groups is 1. The van der Waals surface area contributed by atoms with Gasteiger partial charge in [0.15, 0.2) is 5.15 Å². The van der Waals surface area contributed by atoms with Crippen molar-refractivity contribution >= 4 is 34.8 Å². The molecule has 1 aromatic carbocycles. The SMILES string of the molecule is O=C(Cn1nnc(-c2cccc(Cl)c2)n1)Nc1cccnc1Cl. The largest absolute Gasteiger partial charge is 0.322 e. The Morgan fingerprint density at radius 1 is 1.22 bits per heavy atom. The van der Waals surface area contributed by atoms with Gasteiger partial charge in [-0.3, -0.25) is 4.79 Å². The summed E-state index contributed by atoms with van der Waals surface area (Å²) in [6.07, 6.45) is 1.54. The van der Waals surface area contributed by atoms with Crippen LogP contribution in [0.25, 0.3) is 11.4 Å². The van der Waals surface area contributed by atoms with Crippen molar-refractivity contribution in [3.63, 3.8) is 0 Å². The number of benzene rings is 1. The van der Waals surface area contributed by atoms with Crippen LogP contribution in [0.4, 0.5) is 5.69 Å². The predicted octanol–water partition coefficient (Wildman–Crippen LogP) is 2.68. The highest BCUT2D eigenvalue weighted by molar-refractivity contribution is 6.32. The highest BCUT2D eigenvalue weighted by Gasteiger charge is 2.11. The molecule has 0 aliphatic rings. The lowest BCUT2D eigenvalue weighted by Gasteiger charge is -2.05. The van der Waals surface area contributed by atoms with E-state index in [1.807, 2.05) is 6.07 Å². The molecular formula is C14H10Cl2N6O. The van der Waals surface area contributed by atoms with E-state index in [9.17, 15) is 4.79 Å². The predicted molar refractivity (Wildman–Crippen MR) is 86.1 cm³/mol. The van der Waals surface area contributed by atoms with Crippen LogP contribution in [0.2, 0.25) is 10.2 Å². The minimum Gasteiger partial charge on any atom is -0.322 e. The van der Waals surface area contributed by atoms with Crippen molar-refractivity contribution in [1.82, 2.24) is 25.2 Å². The number of amides is 1. The number of halogens is 2. The molecule has 23 heavy (non-hydrogen) atoms. The number of aromatic nitrogens is 5. The van der Waals surface area contributed by atoms with Crippen LogP contribution < -0.4 is 5.32 Å². The number of hydrogen-bond donors (Lipinski definition) is 1. The van der Waals surface area contributed by atoms with E-state index in [1.54, 1.807) is 30.3 Å². The molecule has 1 amide bonds. The van der Waals surface area contributed by atoms with Crippen LogP contribution in [0.15, 0.2) is 42.6 Å². The molecule has 0 saturated carbocycles. The fourth-order valence-electron chi connectivity index (χ4n) is 1.85. The number of carbonyl (C=O) groups excluding carboxylic acids is 1. The highest BCUT2D eigenvalue weighted by atomic mass is 35.5. The van der Waals surface area contributed by atoms with Gasteiger partial charge in [-0.25, -0.2) is 4.98 Å². The number of nitrogens with one attached hydrogen (secondary N) is 1. The third-order valence-corrected chi connectivity index (χ3v) is 3.39. The van der Waals surface area contributed by atoms with Gasteiger partial charge < -0.3 is 5.32 Å². The second-order valence-corrected chi connectivity index (χ2v) is 5.34. The van der Waals surface area contributed by atoms with Gasteiger partial charge in [0.25, 0.3) is 0 Å². The molecule has 2 heterocycles. The van der Waals surface area contributed by atoms with Crippen molar-refractivity contribution in [1.29, 1.82) is 0 Å². The summed E-state index contributed by atoms with van der Waals surface area (Å²) in [7, 11) is 0. The monoisotopic (exact) mass is 348 g/mol. The first-order valence-corrected chi connectivity index (χ1v) is 7.31. The second-order valence-electron chi connectivity index (χ2n) is 4.54. The normalized spacial score (nSPS) is 10.5. The number of hydrogen-bond acceptors (Lipinski definition) is 5. The molecule has 0 aliphatic heterocycles. The van der Waals surface area contributed by atoms with E-state index in [1.165, 1.54) is 11.0 Å². The summed E-state index contributed by atoms with van der Waals surface area (Å²) in [5.41, 5.74) is 1.15. The fourth-order valence-corrected chi connectivity index (χ4v) is 2.21. The van der Waals surface area contributed by atoms with Gasteiger partial charge in [-0.05, 0) is 29.5 Å². The van der Waals surface area contributed by atoms with Crippen molar-refractivity contribution in [2.45, 2.75) is 6.54 Å². The lowest BCUT2D eigenvalue weighted by Crippen LogP contribution is -2.20. The van der Waals surface area contributed by atoms with Crippen LogP contribution in [0, 0.1) is 0 Å². The first-order chi connectivity index (χ1) is 11.1. The zero-order valence-electron chi connectivity index (χ0n) is 11.6. The van der Waals surface area contributed by atoms with E-state index in [4.69, 9.17) is 23.2 Å². The molecule has 0 unspecified atom stereocenters. The van der Waals surface area contributed by atoms with E-state index < -0.39 is 0 Å². The molecule has 9 heteroatoms. The highest BCUT2D eigenvalue weighted by Crippen LogP contribution is 2.19. The number of tetrazole rings is 1. The molecule has 0 aliphatic carbocycles. The second kappa shape index (κ2) is 6.72. The zero-order valence-corrected chi connectivity index (χ0v) is 13.2. The first-order valence-electron chi connectivity index (χ1n) is 6.56. The zero-order chi connectivity index (χ0) is 16.2. The summed E-state index contributed by atoms with van der Waals surface area (Å²) in [6.45, 7) is -0.0984. The van der Waals surface area contributed by atoms with Crippen molar-refractivity contribution in [3.8, 4) is 11.4 Å². The molecule has 3 rings (SSSR count). The number of nitrogens with zero attached hydrogens (tertiary/aromatic N) is 5. The molecule has 0 fully saturated rings. The van der Waals surface area contributed by atoms with Gasteiger partial charge in [-0.2, -0.15) is 4.80 Å². The van der Waals surface area contributed by atoms with E-state index in [2.05, 4.69) is 25.7 Å². The summed E-state index contributed by atoms with van der Waals surface area (Å²) in [5, 5.41) is 15.3. The molecule has 0 spiro atoms. The molecule has 0 saturated heterocycles. The Bertz CT molecular complexity index is 851. The maximum absolute atomic E-state index is 12.0. The maximum atomic E-state index is 12.0. The average Bonchev–Trinajstić information content (AvgIpc) is 2.98. The first kappa shape index (κ1) is 15.4. The fraction of sp³-hybridized carbons (Fsp3) is 0.0714. The van der Waals surface area contributed by atoms with Crippen molar-refractivity contribution in [2.24, 2.45) is 0 Å². The van der Waals surface area contributed by atoms with Crippen LogP contribution in [-0.2, 0) is 11.3 Å². The third kappa shape index (κ3) is 3.82. The molecule has 0 atom stereocenters. The Balaban J connectivity index is 1.69. The number of rotatable bonds is 4. The molecule has 3 aromatic rings. The summed E-state index contributed by atoms with van der Waals surface area (Å²) in [6, 6.07) is 10.4. The van der Waals surface area contributed by atoms with E-state index >= 15 is 0 Å². The van der Waals surface area contributed by atoms with Crippen LogP contribution in [0.5, 0.6) is 0 Å². The summed E-state index contributed by atoms with van der Waals surface area (Å²) in [4.78, 5) is 17.1. The molecule has 1 N–H and O–H groups in total. The third-order valence-electron chi connectivity index (χ3n) is 2.85. The smallest absolute Gasteiger partial charge is 0.248 e. The average molecular weight is 349 g/mol. The summed E-state index contributed by atoms with van der Waals surface area (Å²) < 4.78 is 0. The Labute approximate surface area is 141 Å². The Morgan fingerprint density at radius 2 is 2.09 bits per heavy atom. The topological polar surface area (TPSA) is 85.6 Å². The lowest BCUT2D eigenvalue weighted by molar-refractivity contribution is -0.117. The Hall–Kier alpha value is -2.51. The van der Waals surface area contributed by atoms with Crippen molar-refractivity contribution in [2.75, 3.05) is 5.32 Å². The molecule has 116 valence electrons. The van der Waals surface area contributed by atoms with Gasteiger partial charge in [0.05, 0.1) is 5.69 Å². The van der Waals surface area contributed by atoms with Crippen LogP contribution in [-0.4, -0.2) is 31.1 Å². The lowest BCUT2D eigenvalue weighted by atomic mass is 10.2. The van der Waals surface area contributed by atoms with E-state index in [-0.39, 0.29) is 17.6 Å². The van der Waals surface area contributed by atoms with Gasteiger partial charge in [-0.1, -0.05) is 35.3 Å². The maximum Gasteiger partial charge on any atom is 0.248 e. The summed E-state index contributed by atoms with van der Waals surface area (Å²) in [5.74, 6) is 0.0506. The molecule has 2 aromatic heterocycles. The standard InChI is InChI=1S/C14H10Cl2N6O/c15-10-4-1-3-9(7-10)14-19-21-22(20-14)8-12(23)18-11-5-2-6-17-13(11)16/h1-7H,8H2,(H,18,23). The van der Waals surface area contributed by atoms with Crippen LogP contribution >= 0.6 is 23.2 Å².